The minimum absolute atomic E-state index is 0.0421. The van der Waals surface area contributed by atoms with Crippen molar-refractivity contribution in [3.05, 3.63) is 72.1 Å². The second-order valence-electron chi connectivity index (χ2n) is 11.5. The van der Waals surface area contributed by atoms with E-state index in [9.17, 15) is 34.2 Å². The van der Waals surface area contributed by atoms with Crippen LogP contribution in [0, 0.1) is 5.92 Å². The summed E-state index contributed by atoms with van der Waals surface area (Å²) in [7, 11) is 0. The van der Waals surface area contributed by atoms with Gasteiger partial charge in [-0.3, -0.25) is 19.2 Å². The fourth-order valence-electron chi connectivity index (χ4n) is 5.31. The van der Waals surface area contributed by atoms with E-state index in [0.717, 1.165) is 27.4 Å². The lowest BCUT2D eigenvalue weighted by atomic mass is 9.98. The Morgan fingerprint density at radius 3 is 1.74 bits per heavy atom. The van der Waals surface area contributed by atoms with Gasteiger partial charge in [-0.2, -0.15) is 0 Å². The van der Waals surface area contributed by atoms with Crippen molar-refractivity contribution in [3.63, 3.8) is 0 Å². The molecule has 2 aromatic carbocycles. The second kappa shape index (κ2) is 15.2. The van der Waals surface area contributed by atoms with Gasteiger partial charge in [-0.15, -0.1) is 0 Å². The van der Waals surface area contributed by atoms with Gasteiger partial charge in [0, 0.05) is 53.5 Å². The van der Waals surface area contributed by atoms with Crippen LogP contribution in [0.15, 0.2) is 60.9 Å². The van der Waals surface area contributed by atoms with Crippen LogP contribution in [0.25, 0.3) is 21.8 Å². The Labute approximate surface area is 265 Å². The fourth-order valence-corrected chi connectivity index (χ4v) is 5.31. The van der Waals surface area contributed by atoms with Crippen LogP contribution in [0.3, 0.4) is 0 Å². The van der Waals surface area contributed by atoms with Crippen LogP contribution >= 0.6 is 0 Å². The Morgan fingerprint density at radius 2 is 1.22 bits per heavy atom. The number of aliphatic carboxylic acids is 2. The number of H-pyrrole nitrogens is 2. The van der Waals surface area contributed by atoms with Crippen molar-refractivity contribution in [1.82, 2.24) is 25.9 Å². The average molecular weight is 633 g/mol. The molecule has 4 rings (SSSR count). The van der Waals surface area contributed by atoms with E-state index in [2.05, 4.69) is 25.9 Å². The molecule has 0 bridgehead atoms. The van der Waals surface area contributed by atoms with Gasteiger partial charge in [0.25, 0.3) is 0 Å². The summed E-state index contributed by atoms with van der Waals surface area (Å²) in [6.45, 7) is 3.71. The van der Waals surface area contributed by atoms with E-state index in [4.69, 9.17) is 5.73 Å². The predicted molar refractivity (Wildman–Crippen MR) is 172 cm³/mol. The molecule has 9 N–H and O–H groups in total. The van der Waals surface area contributed by atoms with Gasteiger partial charge in [-0.05, 0) is 35.6 Å². The number of carboxylic acids is 2. The number of nitrogens with one attached hydrogen (secondary N) is 5. The molecule has 13 nitrogen and oxygen atoms in total. The van der Waals surface area contributed by atoms with Crippen LogP contribution in [0.2, 0.25) is 0 Å². The average Bonchev–Trinajstić information content (AvgIpc) is 3.65. The molecule has 0 spiro atoms. The zero-order valence-corrected chi connectivity index (χ0v) is 25.7. The van der Waals surface area contributed by atoms with Crippen molar-refractivity contribution < 1.29 is 34.2 Å². The predicted octanol–water partition coefficient (Wildman–Crippen LogP) is 2.21. The van der Waals surface area contributed by atoms with Crippen molar-refractivity contribution >= 4 is 51.5 Å². The maximum atomic E-state index is 13.8. The summed E-state index contributed by atoms with van der Waals surface area (Å²) < 4.78 is 0. The highest BCUT2D eigenvalue weighted by Crippen LogP contribution is 2.21. The number of nitrogens with two attached hydrogens (primary N) is 1. The van der Waals surface area contributed by atoms with E-state index in [1.54, 1.807) is 12.4 Å². The second-order valence-corrected chi connectivity index (χ2v) is 11.5. The minimum Gasteiger partial charge on any atom is -0.481 e. The Hall–Kier alpha value is -5.17. The molecule has 0 fully saturated rings. The molecule has 0 aliphatic rings. The molecule has 2 aromatic heterocycles. The van der Waals surface area contributed by atoms with Gasteiger partial charge in [0.15, 0.2) is 0 Å². The SMILES string of the molecule is CCC(C)C(N)C(=O)NC(Cc1c[nH]c2ccccc12)C(=O)NC(CCC(=O)O)C(=O)NC(Cc1c[nH]c2ccccc12)C(=O)O. The van der Waals surface area contributed by atoms with Crippen LogP contribution in [-0.2, 0) is 36.8 Å². The van der Waals surface area contributed by atoms with Gasteiger partial charge >= 0.3 is 11.9 Å². The molecule has 0 radical (unpaired) electrons. The number of hydrogen-bond donors (Lipinski definition) is 8. The maximum Gasteiger partial charge on any atom is 0.326 e. The Balaban J connectivity index is 1.56. The van der Waals surface area contributed by atoms with Gasteiger partial charge in [-0.25, -0.2) is 4.79 Å². The number of carbonyl (C=O) groups excluding carboxylic acids is 3. The number of amides is 3. The zero-order valence-electron chi connectivity index (χ0n) is 25.7. The number of carboxylic acid groups (broad SMARTS) is 2. The third-order valence-electron chi connectivity index (χ3n) is 8.29. The number of aromatic nitrogens is 2. The normalized spacial score (nSPS) is 14.6. The summed E-state index contributed by atoms with van der Waals surface area (Å²) >= 11 is 0. The van der Waals surface area contributed by atoms with Crippen LogP contribution in [-0.4, -0.2) is 74.0 Å². The largest absolute Gasteiger partial charge is 0.481 e. The Bertz CT molecular complexity index is 1710. The highest BCUT2D eigenvalue weighted by molar-refractivity contribution is 5.95. The smallest absolute Gasteiger partial charge is 0.326 e. The molecule has 0 saturated carbocycles. The van der Waals surface area contributed by atoms with E-state index >= 15 is 0 Å². The minimum atomic E-state index is -1.40. The van der Waals surface area contributed by atoms with Gasteiger partial charge in [0.05, 0.1) is 6.04 Å². The summed E-state index contributed by atoms with van der Waals surface area (Å²) in [4.78, 5) is 70.2. The third kappa shape index (κ3) is 8.30. The van der Waals surface area contributed by atoms with Crippen LogP contribution in [0.1, 0.15) is 44.2 Å². The van der Waals surface area contributed by atoms with Gasteiger partial charge in [0.1, 0.15) is 18.1 Å². The summed E-state index contributed by atoms with van der Waals surface area (Å²) in [5, 5.41) is 28.7. The van der Waals surface area contributed by atoms with Crippen LogP contribution in [0.4, 0.5) is 0 Å². The molecule has 3 amide bonds. The molecule has 2 heterocycles. The van der Waals surface area contributed by atoms with Crippen molar-refractivity contribution in [1.29, 1.82) is 0 Å². The molecule has 0 saturated heterocycles. The fraction of sp³-hybridized carbons (Fsp3) is 0.364. The number of carbonyl (C=O) groups is 5. The lowest BCUT2D eigenvalue weighted by Crippen LogP contribution is -2.58. The van der Waals surface area contributed by atoms with Crippen molar-refractivity contribution in [2.45, 2.75) is 70.1 Å². The quantitative estimate of drug-likeness (QED) is 0.0913. The molecule has 4 aromatic rings. The maximum absolute atomic E-state index is 13.8. The first-order valence-electron chi connectivity index (χ1n) is 15.2. The lowest BCUT2D eigenvalue weighted by molar-refractivity contribution is -0.143. The molecule has 0 aliphatic carbocycles. The number of fused-ring (bicyclic) bond motifs is 2. The molecule has 46 heavy (non-hydrogen) atoms. The monoisotopic (exact) mass is 632 g/mol. The van der Waals surface area contributed by atoms with E-state index in [-0.39, 0.29) is 25.2 Å². The van der Waals surface area contributed by atoms with Gasteiger partial charge in [-0.1, -0.05) is 56.7 Å². The summed E-state index contributed by atoms with van der Waals surface area (Å²) in [5.41, 5.74) is 9.17. The van der Waals surface area contributed by atoms with Crippen molar-refractivity contribution in [2.24, 2.45) is 11.7 Å². The van der Waals surface area contributed by atoms with E-state index in [1.165, 1.54) is 0 Å². The summed E-state index contributed by atoms with van der Waals surface area (Å²) in [5.74, 6) is -4.84. The highest BCUT2D eigenvalue weighted by Gasteiger charge is 2.32. The van der Waals surface area contributed by atoms with E-state index < -0.39 is 60.2 Å². The third-order valence-corrected chi connectivity index (χ3v) is 8.29. The Morgan fingerprint density at radius 1 is 0.739 bits per heavy atom. The standard InChI is InChI=1S/C33H40N6O7/c1-3-18(2)29(34)32(44)38-26(14-19-16-35-23-10-6-4-8-21(19)23)31(43)37-25(12-13-28(40)41)30(42)39-27(33(45)46)15-20-17-36-24-11-7-5-9-22(20)24/h4-11,16-18,25-27,29,35-36H,3,12-15,34H2,1-2H3,(H,37,43)(H,38,44)(H,39,42)(H,40,41)(H,45,46). The van der Waals surface area contributed by atoms with E-state index in [1.807, 2.05) is 62.4 Å². The first-order chi connectivity index (χ1) is 22.0. The first kappa shape index (κ1) is 33.7. The number of para-hydroxylation sites is 2. The first-order valence-corrected chi connectivity index (χ1v) is 15.2. The van der Waals surface area contributed by atoms with Crippen molar-refractivity contribution in [2.75, 3.05) is 0 Å². The number of aromatic amines is 2. The Kier molecular flexibility index (Phi) is 11.2. The summed E-state index contributed by atoms with van der Waals surface area (Å²) in [6.07, 6.45) is 3.22. The van der Waals surface area contributed by atoms with Gasteiger partial charge < -0.3 is 41.9 Å². The lowest BCUT2D eigenvalue weighted by Gasteiger charge is -2.26. The van der Waals surface area contributed by atoms with Gasteiger partial charge in [0.2, 0.25) is 17.7 Å². The van der Waals surface area contributed by atoms with Crippen LogP contribution in [0.5, 0.6) is 0 Å². The van der Waals surface area contributed by atoms with Crippen LogP contribution < -0.4 is 21.7 Å². The molecular weight excluding hydrogens is 592 g/mol. The van der Waals surface area contributed by atoms with Crippen molar-refractivity contribution in [3.8, 4) is 0 Å². The molecule has 13 heteroatoms. The number of benzene rings is 2. The number of hydrogen-bond acceptors (Lipinski definition) is 6. The molecular formula is C33H40N6O7. The topological polar surface area (TPSA) is 219 Å². The molecule has 244 valence electrons. The molecule has 0 aliphatic heterocycles. The zero-order chi connectivity index (χ0) is 33.4. The number of rotatable bonds is 16. The van der Waals surface area contributed by atoms with E-state index in [0.29, 0.717) is 12.0 Å². The highest BCUT2D eigenvalue weighted by atomic mass is 16.4. The molecule has 5 atom stereocenters. The molecule has 5 unspecified atom stereocenters. The summed E-state index contributed by atoms with van der Waals surface area (Å²) in [6, 6.07) is 9.90.